The first-order chi connectivity index (χ1) is 25.6. The topological polar surface area (TPSA) is 141 Å². The van der Waals surface area contributed by atoms with Crippen molar-refractivity contribution in [2.45, 2.75) is 76.3 Å². The average molecular weight is 766 g/mol. The first-order valence-corrected chi connectivity index (χ1v) is 18.8. The van der Waals surface area contributed by atoms with E-state index in [-0.39, 0.29) is 36.4 Å². The molecular formula is C40H46Cl2N4O7. The van der Waals surface area contributed by atoms with Gasteiger partial charge in [-0.15, -0.1) is 0 Å². The van der Waals surface area contributed by atoms with Gasteiger partial charge in [-0.2, -0.15) is 0 Å². The van der Waals surface area contributed by atoms with E-state index in [4.69, 9.17) is 42.6 Å². The molecular weight excluding hydrogens is 719 g/mol. The fourth-order valence-corrected chi connectivity index (χ4v) is 7.79. The first-order valence-electron chi connectivity index (χ1n) is 18.0. The summed E-state index contributed by atoms with van der Waals surface area (Å²) in [4.78, 5) is 40.5. The van der Waals surface area contributed by atoms with Crippen LogP contribution in [0.2, 0.25) is 10.0 Å². The molecule has 2 amide bonds. The molecule has 4 N–H and O–H groups in total. The Morgan fingerprint density at radius 2 is 1.68 bits per heavy atom. The molecule has 0 unspecified atom stereocenters. The van der Waals surface area contributed by atoms with Crippen molar-refractivity contribution in [3.63, 3.8) is 0 Å². The number of carbonyl (C=O) groups is 3. The number of ether oxygens (including phenoxy) is 2. The molecule has 11 nitrogen and oxygen atoms in total. The van der Waals surface area contributed by atoms with Crippen molar-refractivity contribution >= 4 is 47.1 Å². The largest absolute Gasteiger partial charge is 0.490 e. The number of nitrogens with one attached hydrogen (secondary N) is 2. The molecule has 2 bridgehead atoms. The maximum atomic E-state index is 14.8. The summed E-state index contributed by atoms with van der Waals surface area (Å²) in [6.07, 6.45) is 2.37. The van der Waals surface area contributed by atoms with E-state index in [0.29, 0.717) is 79.4 Å². The lowest BCUT2D eigenvalue weighted by Gasteiger charge is -2.45. The van der Waals surface area contributed by atoms with Crippen LogP contribution in [0.25, 0.3) is 5.57 Å². The molecule has 0 spiro atoms. The highest BCUT2D eigenvalue weighted by Crippen LogP contribution is 2.38. The fourth-order valence-electron chi connectivity index (χ4n) is 7.32. The van der Waals surface area contributed by atoms with E-state index in [1.807, 2.05) is 84.3 Å². The van der Waals surface area contributed by atoms with Crippen LogP contribution in [0.15, 0.2) is 66.2 Å². The third-order valence-electron chi connectivity index (χ3n) is 10.3. The SMILES string of the molecule is Cc1cc(Cl)c(OCCOc2ccc(C3=C(C(=O)N(Cc4ccccc4Cl)C4CC4)[C@@H]4CN(C(=O)[C@@H]5C[C@@H](O)CN5)C[C@H](C3)N4)cc2)cc1C.O=CO. The Morgan fingerprint density at radius 3 is 2.36 bits per heavy atom. The minimum Gasteiger partial charge on any atom is -0.490 e. The summed E-state index contributed by atoms with van der Waals surface area (Å²) in [6.45, 7) is 6.23. The second-order valence-electron chi connectivity index (χ2n) is 14.1. The van der Waals surface area contributed by atoms with E-state index in [1.165, 1.54) is 0 Å². The molecule has 0 aromatic heterocycles. The zero-order valence-electron chi connectivity index (χ0n) is 29.9. The summed E-state index contributed by atoms with van der Waals surface area (Å²) in [5.74, 6) is 1.30. The number of aryl methyl sites for hydroxylation is 2. The van der Waals surface area contributed by atoms with Crippen LogP contribution in [0.4, 0.5) is 0 Å². The number of benzene rings is 3. The predicted molar refractivity (Wildman–Crippen MR) is 203 cm³/mol. The number of hydrogen-bond donors (Lipinski definition) is 4. The number of aliphatic hydroxyl groups excluding tert-OH is 1. The molecule has 1 saturated carbocycles. The number of piperazine rings is 1. The number of amides is 2. The quantitative estimate of drug-likeness (QED) is 0.157. The van der Waals surface area contributed by atoms with Gasteiger partial charge in [0.15, 0.2) is 0 Å². The number of carboxylic acid groups (broad SMARTS) is 1. The molecule has 0 radical (unpaired) electrons. The van der Waals surface area contributed by atoms with Gasteiger partial charge in [0.05, 0.1) is 23.2 Å². The number of fused-ring (bicyclic) bond motifs is 2. The van der Waals surface area contributed by atoms with E-state index in [2.05, 4.69) is 10.6 Å². The molecule has 2 saturated heterocycles. The van der Waals surface area contributed by atoms with Crippen LogP contribution in [0.3, 0.4) is 0 Å². The monoisotopic (exact) mass is 764 g/mol. The average Bonchev–Trinajstić information content (AvgIpc) is 3.89. The Labute approximate surface area is 319 Å². The first kappa shape index (κ1) is 38.6. The Balaban J connectivity index is 0.00000155. The smallest absolute Gasteiger partial charge is 0.290 e. The van der Waals surface area contributed by atoms with Crippen molar-refractivity contribution in [2.75, 3.05) is 32.8 Å². The number of aliphatic hydroxyl groups is 1. The van der Waals surface area contributed by atoms with E-state index in [1.54, 1.807) is 0 Å². The number of rotatable bonds is 11. The van der Waals surface area contributed by atoms with Crippen LogP contribution in [-0.2, 0) is 20.9 Å². The minimum atomic E-state index is -0.526. The molecule has 4 atom stereocenters. The van der Waals surface area contributed by atoms with Crippen molar-refractivity contribution in [2.24, 2.45) is 0 Å². The van der Waals surface area contributed by atoms with Crippen molar-refractivity contribution in [1.29, 1.82) is 0 Å². The van der Waals surface area contributed by atoms with E-state index in [0.717, 1.165) is 40.7 Å². The molecule has 13 heteroatoms. The van der Waals surface area contributed by atoms with Crippen molar-refractivity contribution in [3.05, 3.63) is 98.5 Å². The number of nitrogens with zero attached hydrogens (tertiary/aromatic N) is 2. The number of carbonyl (C=O) groups excluding carboxylic acids is 2. The van der Waals surface area contributed by atoms with Crippen LogP contribution >= 0.6 is 23.2 Å². The summed E-state index contributed by atoms with van der Waals surface area (Å²) in [7, 11) is 0. The number of halogens is 2. The van der Waals surface area contributed by atoms with Gasteiger partial charge in [-0.1, -0.05) is 53.5 Å². The molecule has 7 rings (SSSR count). The highest BCUT2D eigenvalue weighted by atomic mass is 35.5. The molecule has 3 heterocycles. The van der Waals surface area contributed by atoms with Gasteiger partial charge in [-0.25, -0.2) is 0 Å². The maximum absolute atomic E-state index is 14.8. The molecule has 53 heavy (non-hydrogen) atoms. The third kappa shape index (κ3) is 9.34. The zero-order chi connectivity index (χ0) is 37.6. The van der Waals surface area contributed by atoms with Gasteiger partial charge >= 0.3 is 0 Å². The highest BCUT2D eigenvalue weighted by molar-refractivity contribution is 6.32. The lowest BCUT2D eigenvalue weighted by atomic mass is 9.82. The minimum absolute atomic E-state index is 0.0150. The van der Waals surface area contributed by atoms with E-state index < -0.39 is 12.1 Å². The van der Waals surface area contributed by atoms with Gasteiger partial charge in [0.25, 0.3) is 12.4 Å². The van der Waals surface area contributed by atoms with Gasteiger partial charge in [0.1, 0.15) is 24.7 Å². The number of hydrogen-bond acceptors (Lipinski definition) is 8. The lowest BCUT2D eigenvalue weighted by Crippen LogP contribution is -2.63. The molecule has 3 fully saturated rings. The van der Waals surface area contributed by atoms with Gasteiger partial charge in [-0.05, 0) is 97.7 Å². The molecule has 3 aromatic carbocycles. The standard InChI is InChI=1S/C39H44Cl2N4O5.CH2O2/c1-23-15-33(41)36(16-24(23)2)50-14-13-49-30-11-7-25(8-12-30)31-17-27-21-44(38(47)34-18-29(46)19-42-34)22-35(43-27)37(31)39(48)45(28-9-10-28)20-26-5-3-4-6-32(26)40;2-1-3/h3-8,11-12,15-16,27-29,34-35,42-43,46H,9-10,13-14,17-22H2,1-2H3;1H,(H,2,3)/t27-,29+,34-,35-;/m0./s1. The second-order valence-corrected chi connectivity index (χ2v) is 14.9. The predicted octanol–water partition coefficient (Wildman–Crippen LogP) is 5.01. The van der Waals surface area contributed by atoms with Crippen LogP contribution in [0.1, 0.15) is 47.9 Å². The normalized spacial score (nSPS) is 22.1. The lowest BCUT2D eigenvalue weighted by molar-refractivity contribution is -0.136. The Kier molecular flexibility index (Phi) is 12.6. The third-order valence-corrected chi connectivity index (χ3v) is 10.9. The Bertz CT molecular complexity index is 1830. The molecule has 3 aromatic rings. The van der Waals surface area contributed by atoms with E-state index >= 15 is 0 Å². The summed E-state index contributed by atoms with van der Waals surface area (Å²) in [6, 6.07) is 18.8. The summed E-state index contributed by atoms with van der Waals surface area (Å²) < 4.78 is 11.9. The molecule has 4 aliphatic rings. The van der Waals surface area contributed by atoms with Crippen molar-refractivity contribution in [3.8, 4) is 11.5 Å². The highest BCUT2D eigenvalue weighted by Gasteiger charge is 2.44. The van der Waals surface area contributed by atoms with Crippen LogP contribution in [-0.4, -0.2) is 101 Å². The van der Waals surface area contributed by atoms with E-state index in [9.17, 15) is 14.7 Å². The summed E-state index contributed by atoms with van der Waals surface area (Å²) in [5, 5.41) is 25.0. The van der Waals surface area contributed by atoms with Crippen molar-refractivity contribution < 1.29 is 34.1 Å². The summed E-state index contributed by atoms with van der Waals surface area (Å²) >= 11 is 12.9. The zero-order valence-corrected chi connectivity index (χ0v) is 31.4. The molecule has 282 valence electrons. The van der Waals surface area contributed by atoms with Gasteiger partial charge in [0, 0.05) is 48.9 Å². The maximum Gasteiger partial charge on any atom is 0.290 e. The van der Waals surface area contributed by atoms with Crippen LogP contribution < -0.4 is 20.1 Å². The van der Waals surface area contributed by atoms with Gasteiger partial charge in [-0.3, -0.25) is 14.4 Å². The molecule has 1 aliphatic carbocycles. The Morgan fingerprint density at radius 1 is 0.981 bits per heavy atom. The van der Waals surface area contributed by atoms with Crippen LogP contribution in [0, 0.1) is 13.8 Å². The van der Waals surface area contributed by atoms with Gasteiger partial charge < -0.3 is 40.1 Å². The second kappa shape index (κ2) is 17.3. The Hall–Kier alpha value is -4.13. The van der Waals surface area contributed by atoms with Crippen molar-refractivity contribution in [1.82, 2.24) is 20.4 Å². The fraction of sp³-hybridized carbons (Fsp3) is 0.425. The van der Waals surface area contributed by atoms with Crippen LogP contribution in [0.5, 0.6) is 11.5 Å². The number of β-amino-alcohol motifs (C(OH)–C–C–N with tert-alkyl or cyclic N) is 1. The molecule has 3 aliphatic heterocycles. The van der Waals surface area contributed by atoms with Gasteiger partial charge in [0.2, 0.25) is 5.91 Å². The summed E-state index contributed by atoms with van der Waals surface area (Å²) in [5.41, 5.74) is 5.80.